The largest absolute Gasteiger partial charge is 0.481 e. The van der Waals surface area contributed by atoms with Crippen molar-refractivity contribution in [3.63, 3.8) is 0 Å². The van der Waals surface area contributed by atoms with Crippen molar-refractivity contribution < 1.29 is 33.9 Å². The molecule has 190 valence electrons. The van der Waals surface area contributed by atoms with Crippen molar-refractivity contribution >= 4 is 29.2 Å². The molecule has 0 aliphatic carbocycles. The van der Waals surface area contributed by atoms with Gasteiger partial charge in [0.1, 0.15) is 12.5 Å². The molecule has 3 rings (SSSR count). The molecule has 35 heavy (non-hydrogen) atoms. The predicted octanol–water partition coefficient (Wildman–Crippen LogP) is 2.48. The van der Waals surface area contributed by atoms with Gasteiger partial charge in [0.15, 0.2) is 0 Å². The van der Waals surface area contributed by atoms with Crippen molar-refractivity contribution in [2.75, 3.05) is 19.8 Å². The number of carbonyl (C=O) groups excluding carboxylic acids is 2. The van der Waals surface area contributed by atoms with Crippen LogP contribution in [0.2, 0.25) is 0 Å². The van der Waals surface area contributed by atoms with Gasteiger partial charge in [-0.05, 0) is 38.7 Å². The Morgan fingerprint density at radius 2 is 2.09 bits per heavy atom. The number of nitro benzene ring substituents is 1. The van der Waals surface area contributed by atoms with Gasteiger partial charge < -0.3 is 19.9 Å². The third-order valence-corrected chi connectivity index (χ3v) is 6.75. The van der Waals surface area contributed by atoms with Crippen LogP contribution in [0.1, 0.15) is 51.5 Å². The summed E-state index contributed by atoms with van der Waals surface area (Å²) < 4.78 is 11.3. The fourth-order valence-electron chi connectivity index (χ4n) is 5.23. The first-order chi connectivity index (χ1) is 16.6. The van der Waals surface area contributed by atoms with E-state index in [2.05, 4.69) is 5.32 Å². The maximum Gasteiger partial charge on any atom is 0.315 e. The normalized spacial score (nSPS) is 28.5. The van der Waals surface area contributed by atoms with Gasteiger partial charge >= 0.3 is 11.9 Å². The Morgan fingerprint density at radius 3 is 2.69 bits per heavy atom. The summed E-state index contributed by atoms with van der Waals surface area (Å²) in [4.78, 5) is 52.7. The zero-order valence-electron chi connectivity index (χ0n) is 20.1. The SMILES string of the molecule is CC(=O)NCCOC(=O)C1C(C)=NC(C)(C2CCCCO2)C(C(=O)O)[C@H]1c1cccc([N+](=O)[O-])c1. The highest BCUT2D eigenvalue weighted by molar-refractivity contribution is 6.04. The molecule has 0 aromatic heterocycles. The molecule has 1 aromatic carbocycles. The van der Waals surface area contributed by atoms with Crippen LogP contribution in [0, 0.1) is 22.0 Å². The number of amides is 1. The minimum atomic E-state index is -1.20. The summed E-state index contributed by atoms with van der Waals surface area (Å²) in [6.07, 6.45) is 1.86. The Bertz CT molecular complexity index is 1020. The molecule has 0 bridgehead atoms. The first-order valence-electron chi connectivity index (χ1n) is 11.6. The van der Waals surface area contributed by atoms with Gasteiger partial charge in [-0.3, -0.25) is 29.5 Å². The van der Waals surface area contributed by atoms with Crippen molar-refractivity contribution in [2.45, 2.75) is 57.6 Å². The minimum Gasteiger partial charge on any atom is -0.481 e. The molecular weight excluding hydrogens is 458 g/mol. The Kier molecular flexibility index (Phi) is 8.21. The zero-order chi connectivity index (χ0) is 25.8. The van der Waals surface area contributed by atoms with Crippen LogP contribution in [-0.2, 0) is 23.9 Å². The van der Waals surface area contributed by atoms with E-state index in [0.29, 0.717) is 24.3 Å². The average Bonchev–Trinajstić information content (AvgIpc) is 2.81. The molecule has 1 saturated heterocycles. The van der Waals surface area contributed by atoms with Crippen LogP contribution in [-0.4, -0.2) is 65.0 Å². The maximum absolute atomic E-state index is 13.2. The fraction of sp³-hybridized carbons (Fsp3) is 0.583. The van der Waals surface area contributed by atoms with Gasteiger partial charge in [0.05, 0.1) is 29.0 Å². The van der Waals surface area contributed by atoms with Crippen molar-refractivity contribution in [2.24, 2.45) is 16.8 Å². The number of carbonyl (C=O) groups is 3. The van der Waals surface area contributed by atoms with Crippen LogP contribution in [0.25, 0.3) is 0 Å². The van der Waals surface area contributed by atoms with Gasteiger partial charge in [-0.2, -0.15) is 0 Å². The number of hydrogen-bond acceptors (Lipinski definition) is 8. The molecule has 4 unspecified atom stereocenters. The predicted molar refractivity (Wildman–Crippen MR) is 125 cm³/mol. The number of hydrogen-bond donors (Lipinski definition) is 2. The highest BCUT2D eigenvalue weighted by Gasteiger charge is 2.57. The molecule has 11 heteroatoms. The summed E-state index contributed by atoms with van der Waals surface area (Å²) in [5, 5.41) is 24.4. The molecule has 2 heterocycles. The molecule has 1 fully saturated rings. The van der Waals surface area contributed by atoms with Crippen molar-refractivity contribution in [3.8, 4) is 0 Å². The lowest BCUT2D eigenvalue weighted by Gasteiger charge is -2.48. The molecule has 2 aliphatic heterocycles. The van der Waals surface area contributed by atoms with Crippen molar-refractivity contribution in [1.29, 1.82) is 0 Å². The molecule has 1 amide bonds. The van der Waals surface area contributed by atoms with Crippen molar-refractivity contribution in [1.82, 2.24) is 5.32 Å². The van der Waals surface area contributed by atoms with Gasteiger partial charge in [0, 0.05) is 37.3 Å². The number of esters is 1. The molecule has 5 atom stereocenters. The number of nitrogens with one attached hydrogen (secondary N) is 1. The van der Waals surface area contributed by atoms with Gasteiger partial charge in [-0.1, -0.05) is 12.1 Å². The van der Waals surface area contributed by atoms with Gasteiger partial charge in [-0.25, -0.2) is 0 Å². The first-order valence-corrected chi connectivity index (χ1v) is 11.6. The molecule has 2 N–H and O–H groups in total. The van der Waals surface area contributed by atoms with E-state index in [1.165, 1.54) is 25.1 Å². The highest BCUT2D eigenvalue weighted by Crippen LogP contribution is 2.49. The van der Waals surface area contributed by atoms with E-state index < -0.39 is 46.3 Å². The smallest absolute Gasteiger partial charge is 0.315 e. The standard InChI is InChI=1S/C24H31N3O8/c1-14-19(23(31)35-12-10-25-15(2)28)20(16-7-6-8-17(13-16)27(32)33)21(22(29)30)24(3,26-14)18-9-4-5-11-34-18/h6-8,13,18-21H,4-5,9-12H2,1-3H3,(H,25,28)(H,29,30)/t18?,19?,20-,21?,24?/m0/s1. The second-order valence-electron chi connectivity index (χ2n) is 9.16. The summed E-state index contributed by atoms with van der Waals surface area (Å²) in [6.45, 7) is 5.17. The number of rotatable bonds is 8. The molecule has 0 radical (unpaired) electrons. The quantitative estimate of drug-likeness (QED) is 0.244. The lowest BCUT2D eigenvalue weighted by atomic mass is 9.62. The number of aliphatic imine (C=N–C) groups is 1. The third-order valence-electron chi connectivity index (χ3n) is 6.75. The first kappa shape index (κ1) is 26.3. The second kappa shape index (κ2) is 10.9. The molecule has 0 saturated carbocycles. The lowest BCUT2D eigenvalue weighted by molar-refractivity contribution is -0.385. The second-order valence-corrected chi connectivity index (χ2v) is 9.16. The summed E-state index contributed by atoms with van der Waals surface area (Å²) in [6, 6.07) is 5.68. The Labute approximate surface area is 203 Å². The average molecular weight is 490 g/mol. The minimum absolute atomic E-state index is 0.0987. The lowest BCUT2D eigenvalue weighted by Crippen LogP contribution is -2.58. The summed E-state index contributed by atoms with van der Waals surface area (Å²) in [5.41, 5.74) is -0.689. The zero-order valence-corrected chi connectivity index (χ0v) is 20.1. The van der Waals surface area contributed by atoms with Crippen LogP contribution in [0.3, 0.4) is 0 Å². The highest BCUT2D eigenvalue weighted by atomic mass is 16.6. The number of aliphatic carboxylic acids is 1. The Balaban J connectivity index is 2.09. The van der Waals surface area contributed by atoms with E-state index in [9.17, 15) is 29.6 Å². The van der Waals surface area contributed by atoms with Crippen LogP contribution in [0.4, 0.5) is 5.69 Å². The van der Waals surface area contributed by atoms with E-state index in [0.717, 1.165) is 12.8 Å². The monoisotopic (exact) mass is 489 g/mol. The number of non-ortho nitro benzene ring substituents is 1. The fourth-order valence-corrected chi connectivity index (χ4v) is 5.23. The number of nitro groups is 1. The summed E-state index contributed by atoms with van der Waals surface area (Å²) in [7, 11) is 0. The van der Waals surface area contributed by atoms with Gasteiger partial charge in [-0.15, -0.1) is 0 Å². The van der Waals surface area contributed by atoms with E-state index in [4.69, 9.17) is 14.5 Å². The summed E-state index contributed by atoms with van der Waals surface area (Å²) in [5.74, 6) is -5.42. The van der Waals surface area contributed by atoms with Crippen LogP contribution >= 0.6 is 0 Å². The van der Waals surface area contributed by atoms with Crippen LogP contribution < -0.4 is 5.32 Å². The molecule has 0 spiro atoms. The number of carboxylic acids is 1. The van der Waals surface area contributed by atoms with E-state index >= 15 is 0 Å². The Hall–Kier alpha value is -3.34. The summed E-state index contributed by atoms with van der Waals surface area (Å²) >= 11 is 0. The van der Waals surface area contributed by atoms with Gasteiger partial charge in [0.2, 0.25) is 5.91 Å². The topological polar surface area (TPSA) is 157 Å². The molecule has 2 aliphatic rings. The number of carboxylic acid groups (broad SMARTS) is 1. The van der Waals surface area contributed by atoms with Crippen LogP contribution in [0.5, 0.6) is 0 Å². The third kappa shape index (κ3) is 5.67. The van der Waals surface area contributed by atoms with E-state index in [1.807, 2.05) is 0 Å². The van der Waals surface area contributed by atoms with Gasteiger partial charge in [0.25, 0.3) is 5.69 Å². The molecule has 1 aromatic rings. The Morgan fingerprint density at radius 1 is 1.34 bits per heavy atom. The van der Waals surface area contributed by atoms with E-state index in [1.54, 1.807) is 19.9 Å². The van der Waals surface area contributed by atoms with Crippen molar-refractivity contribution in [3.05, 3.63) is 39.9 Å². The molecular formula is C24H31N3O8. The number of nitrogens with zero attached hydrogens (tertiary/aromatic N) is 2. The maximum atomic E-state index is 13.2. The van der Waals surface area contributed by atoms with Crippen LogP contribution in [0.15, 0.2) is 29.3 Å². The number of ether oxygens (including phenoxy) is 2. The molecule has 11 nitrogen and oxygen atoms in total. The van der Waals surface area contributed by atoms with E-state index in [-0.39, 0.29) is 24.7 Å². The number of benzene rings is 1.